The number of hydrogen-bond donors (Lipinski definition) is 2. The van der Waals surface area contributed by atoms with Crippen LogP contribution in [0.25, 0.3) is 11.4 Å². The van der Waals surface area contributed by atoms with E-state index in [-0.39, 0.29) is 11.9 Å². The second-order valence-electron chi connectivity index (χ2n) is 4.60. The van der Waals surface area contributed by atoms with Crippen LogP contribution in [-0.2, 0) is 11.8 Å². The summed E-state index contributed by atoms with van der Waals surface area (Å²) in [4.78, 5) is 12.0. The van der Waals surface area contributed by atoms with Crippen molar-refractivity contribution in [2.45, 2.75) is 6.04 Å². The molecular formula is C13H15N5OS. The van der Waals surface area contributed by atoms with Crippen molar-refractivity contribution in [3.8, 4) is 11.4 Å². The van der Waals surface area contributed by atoms with E-state index in [9.17, 15) is 4.79 Å². The van der Waals surface area contributed by atoms with E-state index in [0.29, 0.717) is 0 Å². The average Bonchev–Trinajstić information content (AvgIpc) is 3.11. The Hall–Kier alpha value is -1.86. The fourth-order valence-electron chi connectivity index (χ4n) is 2.04. The molecule has 7 heteroatoms. The molecule has 1 atom stereocenters. The van der Waals surface area contributed by atoms with Crippen molar-refractivity contribution in [1.29, 1.82) is 0 Å². The number of nitrogens with one attached hydrogen (secondary N) is 2. The summed E-state index contributed by atoms with van der Waals surface area (Å²) in [6.07, 6.45) is 1.66. The van der Waals surface area contributed by atoms with Crippen LogP contribution < -0.4 is 10.6 Å². The molecule has 2 N–H and O–H groups in total. The lowest BCUT2D eigenvalue weighted by Crippen LogP contribution is -2.37. The van der Waals surface area contributed by atoms with Crippen molar-refractivity contribution < 1.29 is 4.79 Å². The summed E-state index contributed by atoms with van der Waals surface area (Å²) in [5, 5.41) is 14.0. The van der Waals surface area contributed by atoms with E-state index < -0.39 is 0 Å². The standard InChI is InChI=1S/C13H15N5OS/c1-18-7-15-17-12(18)9-2-4-10(5-3-9)16-13(19)11-6-20-8-14-11/h2-5,7,11,14H,6,8H2,1H3,(H,16,19). The molecule has 0 saturated carbocycles. The molecule has 0 bridgehead atoms. The summed E-state index contributed by atoms with van der Waals surface area (Å²) >= 11 is 1.73. The number of benzene rings is 1. The molecular weight excluding hydrogens is 274 g/mol. The number of nitrogens with zero attached hydrogens (tertiary/aromatic N) is 3. The number of anilines is 1. The lowest BCUT2D eigenvalue weighted by atomic mass is 10.2. The third kappa shape index (κ3) is 2.68. The Kier molecular flexibility index (Phi) is 3.70. The SMILES string of the molecule is Cn1cnnc1-c1ccc(NC(=O)C2CSCN2)cc1. The summed E-state index contributed by atoms with van der Waals surface area (Å²) in [7, 11) is 1.90. The van der Waals surface area contributed by atoms with Crippen molar-refractivity contribution >= 4 is 23.4 Å². The van der Waals surface area contributed by atoms with Gasteiger partial charge in [-0.1, -0.05) is 0 Å². The number of carbonyl (C=O) groups excluding carboxylic acids is 1. The molecule has 1 aromatic heterocycles. The highest BCUT2D eigenvalue weighted by molar-refractivity contribution is 7.99. The maximum atomic E-state index is 12.0. The zero-order chi connectivity index (χ0) is 13.9. The smallest absolute Gasteiger partial charge is 0.242 e. The first-order valence-corrected chi connectivity index (χ1v) is 7.46. The third-order valence-corrected chi connectivity index (χ3v) is 4.09. The van der Waals surface area contributed by atoms with Crippen LogP contribution in [0, 0.1) is 0 Å². The monoisotopic (exact) mass is 289 g/mol. The maximum Gasteiger partial charge on any atom is 0.242 e. The van der Waals surface area contributed by atoms with Gasteiger partial charge >= 0.3 is 0 Å². The number of aryl methyl sites for hydroxylation is 1. The minimum absolute atomic E-state index is 0.0152. The minimum Gasteiger partial charge on any atom is -0.325 e. The van der Waals surface area contributed by atoms with E-state index in [1.807, 2.05) is 35.9 Å². The van der Waals surface area contributed by atoms with Crippen LogP contribution in [0.3, 0.4) is 0 Å². The first-order chi connectivity index (χ1) is 9.74. The normalized spacial score (nSPS) is 18.1. The van der Waals surface area contributed by atoms with Crippen molar-refractivity contribution in [2.75, 3.05) is 16.9 Å². The largest absolute Gasteiger partial charge is 0.325 e. The molecule has 1 amide bonds. The zero-order valence-electron chi connectivity index (χ0n) is 11.0. The summed E-state index contributed by atoms with van der Waals surface area (Å²) in [5.41, 5.74) is 1.76. The molecule has 1 aromatic carbocycles. The number of rotatable bonds is 3. The Balaban J connectivity index is 1.70. The lowest BCUT2D eigenvalue weighted by Gasteiger charge is -2.10. The quantitative estimate of drug-likeness (QED) is 0.885. The van der Waals surface area contributed by atoms with Crippen LogP contribution >= 0.6 is 11.8 Å². The molecule has 1 saturated heterocycles. The highest BCUT2D eigenvalue weighted by atomic mass is 32.2. The van der Waals surface area contributed by atoms with E-state index in [1.165, 1.54) is 0 Å². The summed E-state index contributed by atoms with van der Waals surface area (Å²) < 4.78 is 1.85. The van der Waals surface area contributed by atoms with Gasteiger partial charge in [0.25, 0.3) is 0 Å². The Morgan fingerprint density at radius 3 is 2.85 bits per heavy atom. The third-order valence-electron chi connectivity index (χ3n) is 3.15. The highest BCUT2D eigenvalue weighted by Gasteiger charge is 2.22. The second kappa shape index (κ2) is 5.64. The van der Waals surface area contributed by atoms with E-state index in [4.69, 9.17) is 0 Å². The molecule has 0 radical (unpaired) electrons. The predicted molar refractivity (Wildman–Crippen MR) is 79.3 cm³/mol. The van der Waals surface area contributed by atoms with Gasteiger partial charge in [-0.05, 0) is 24.3 Å². The van der Waals surface area contributed by atoms with Crippen molar-refractivity contribution in [3.05, 3.63) is 30.6 Å². The van der Waals surface area contributed by atoms with Gasteiger partial charge in [0.2, 0.25) is 5.91 Å². The Bertz CT molecular complexity index is 603. The molecule has 104 valence electrons. The average molecular weight is 289 g/mol. The van der Waals surface area contributed by atoms with Gasteiger partial charge < -0.3 is 9.88 Å². The molecule has 1 fully saturated rings. The number of amides is 1. The Labute approximate surface area is 121 Å². The first kappa shape index (κ1) is 13.1. The Morgan fingerprint density at radius 1 is 1.45 bits per heavy atom. The maximum absolute atomic E-state index is 12.0. The van der Waals surface area contributed by atoms with Crippen LogP contribution in [-0.4, -0.2) is 38.3 Å². The fourth-order valence-corrected chi connectivity index (χ4v) is 2.98. The van der Waals surface area contributed by atoms with Gasteiger partial charge in [-0.2, -0.15) is 0 Å². The topological polar surface area (TPSA) is 71.8 Å². The van der Waals surface area contributed by atoms with E-state index in [2.05, 4.69) is 20.8 Å². The predicted octanol–water partition coefficient (Wildman–Crippen LogP) is 1.08. The molecule has 0 aliphatic carbocycles. The van der Waals surface area contributed by atoms with Crippen molar-refractivity contribution in [1.82, 2.24) is 20.1 Å². The number of thioether (sulfide) groups is 1. The van der Waals surface area contributed by atoms with E-state index in [1.54, 1.807) is 18.1 Å². The van der Waals surface area contributed by atoms with Crippen LogP contribution in [0.2, 0.25) is 0 Å². The molecule has 20 heavy (non-hydrogen) atoms. The number of hydrogen-bond acceptors (Lipinski definition) is 5. The van der Waals surface area contributed by atoms with E-state index in [0.717, 1.165) is 28.7 Å². The Morgan fingerprint density at radius 2 is 2.25 bits per heavy atom. The summed E-state index contributed by atoms with van der Waals surface area (Å²) in [5.74, 6) is 2.48. The van der Waals surface area contributed by atoms with Crippen LogP contribution in [0.5, 0.6) is 0 Å². The molecule has 3 rings (SSSR count). The van der Waals surface area contributed by atoms with Crippen LogP contribution in [0.4, 0.5) is 5.69 Å². The molecule has 1 aliphatic heterocycles. The summed E-state index contributed by atoms with van der Waals surface area (Å²) in [6, 6.07) is 7.51. The summed E-state index contributed by atoms with van der Waals surface area (Å²) in [6.45, 7) is 0. The highest BCUT2D eigenvalue weighted by Crippen LogP contribution is 2.19. The van der Waals surface area contributed by atoms with Gasteiger partial charge in [0, 0.05) is 29.9 Å². The molecule has 2 heterocycles. The molecule has 0 spiro atoms. The molecule has 2 aromatic rings. The minimum atomic E-state index is -0.0987. The van der Waals surface area contributed by atoms with Gasteiger partial charge in [0.05, 0.1) is 6.04 Å². The molecule has 1 aliphatic rings. The van der Waals surface area contributed by atoms with Crippen molar-refractivity contribution in [2.24, 2.45) is 7.05 Å². The van der Waals surface area contributed by atoms with Gasteiger partial charge in [-0.3, -0.25) is 10.1 Å². The number of aromatic nitrogens is 3. The van der Waals surface area contributed by atoms with Gasteiger partial charge in [0.15, 0.2) is 5.82 Å². The van der Waals surface area contributed by atoms with Gasteiger partial charge in [-0.25, -0.2) is 0 Å². The van der Waals surface area contributed by atoms with Crippen LogP contribution in [0.15, 0.2) is 30.6 Å². The second-order valence-corrected chi connectivity index (χ2v) is 5.63. The van der Waals surface area contributed by atoms with Crippen LogP contribution in [0.1, 0.15) is 0 Å². The van der Waals surface area contributed by atoms with Gasteiger partial charge in [0.1, 0.15) is 6.33 Å². The fraction of sp³-hybridized carbons (Fsp3) is 0.308. The first-order valence-electron chi connectivity index (χ1n) is 6.30. The molecule has 1 unspecified atom stereocenters. The number of carbonyl (C=O) groups is 1. The molecule has 6 nitrogen and oxygen atoms in total. The van der Waals surface area contributed by atoms with Gasteiger partial charge in [-0.15, -0.1) is 22.0 Å². The zero-order valence-corrected chi connectivity index (χ0v) is 11.9. The van der Waals surface area contributed by atoms with Crippen molar-refractivity contribution in [3.63, 3.8) is 0 Å². The van der Waals surface area contributed by atoms with E-state index >= 15 is 0 Å². The lowest BCUT2D eigenvalue weighted by molar-refractivity contribution is -0.117.